The van der Waals surface area contributed by atoms with Crippen LogP contribution in [0.4, 0.5) is 0 Å². The van der Waals surface area contributed by atoms with E-state index in [1.807, 2.05) is 18.2 Å². The Morgan fingerprint density at radius 1 is 1.30 bits per heavy atom. The normalized spacial score (nSPS) is 18.5. The van der Waals surface area contributed by atoms with Gasteiger partial charge in [0, 0.05) is 29.3 Å². The van der Waals surface area contributed by atoms with Crippen LogP contribution in [0.5, 0.6) is 5.88 Å². The zero-order valence-electron chi connectivity index (χ0n) is 15.0. The Bertz CT molecular complexity index is 987. The molecule has 0 bridgehead atoms. The largest absolute Gasteiger partial charge is 0.480 e. The average molecular weight is 387 g/mol. The fourth-order valence-corrected chi connectivity index (χ4v) is 3.36. The predicted octanol–water partition coefficient (Wildman–Crippen LogP) is 2.94. The molecule has 27 heavy (non-hydrogen) atoms. The first-order valence-corrected chi connectivity index (χ1v) is 8.95. The molecule has 3 aromatic rings. The van der Waals surface area contributed by atoms with Gasteiger partial charge >= 0.3 is 0 Å². The highest BCUT2D eigenvalue weighted by Crippen LogP contribution is 2.33. The highest BCUT2D eigenvalue weighted by molar-refractivity contribution is 6.34. The molecule has 0 aliphatic heterocycles. The fourth-order valence-electron chi connectivity index (χ4n) is 3.09. The molecule has 4 rings (SSSR count). The third-order valence-electron chi connectivity index (χ3n) is 4.70. The molecular formula is C19H19ClN4O3. The van der Waals surface area contributed by atoms with Crippen LogP contribution in [-0.4, -0.2) is 41.2 Å². The number of rotatable bonds is 6. The third kappa shape index (κ3) is 3.61. The van der Waals surface area contributed by atoms with Gasteiger partial charge in [0.2, 0.25) is 11.8 Å². The minimum atomic E-state index is -0.0333. The fraction of sp³-hybridized carbons (Fsp3) is 0.316. The summed E-state index contributed by atoms with van der Waals surface area (Å²) in [4.78, 5) is 23.9. The van der Waals surface area contributed by atoms with Crippen molar-refractivity contribution in [2.45, 2.75) is 19.1 Å². The Morgan fingerprint density at radius 2 is 2.15 bits per heavy atom. The molecule has 0 saturated heterocycles. The van der Waals surface area contributed by atoms with Gasteiger partial charge in [-0.1, -0.05) is 11.6 Å². The van der Waals surface area contributed by atoms with Gasteiger partial charge in [-0.2, -0.15) is 0 Å². The van der Waals surface area contributed by atoms with Crippen LogP contribution in [0.2, 0.25) is 5.02 Å². The number of aromatic amines is 1. The number of aromatic nitrogens is 3. The van der Waals surface area contributed by atoms with Crippen molar-refractivity contribution in [1.29, 1.82) is 0 Å². The van der Waals surface area contributed by atoms with Crippen LogP contribution in [-0.2, 0) is 16.1 Å². The lowest BCUT2D eigenvalue weighted by Crippen LogP contribution is -2.25. The standard InChI is InChI=1S/C19H19ClN4O3/c1-26-17-6-13(17)19(25)23-7-11-3-10-4-14(20)12(5-15(10)24-11)16-8-22-18(27-2)9-21-16/h3-5,8-9,13,17,24H,6-7H2,1-2H3,(H,23,25)/t13-,17+/m0/s1. The van der Waals surface area contributed by atoms with Crippen LogP contribution < -0.4 is 10.1 Å². The van der Waals surface area contributed by atoms with Crippen LogP contribution >= 0.6 is 11.6 Å². The zero-order chi connectivity index (χ0) is 19.0. The molecule has 0 spiro atoms. The Hall–Kier alpha value is -2.64. The van der Waals surface area contributed by atoms with E-state index in [4.69, 9.17) is 21.1 Å². The van der Waals surface area contributed by atoms with Gasteiger partial charge in [-0.3, -0.25) is 4.79 Å². The van der Waals surface area contributed by atoms with Crippen LogP contribution in [0.3, 0.4) is 0 Å². The number of fused-ring (bicyclic) bond motifs is 1. The Morgan fingerprint density at radius 3 is 2.81 bits per heavy atom. The summed E-state index contributed by atoms with van der Waals surface area (Å²) in [5.41, 5.74) is 3.25. The monoisotopic (exact) mass is 386 g/mol. The van der Waals surface area contributed by atoms with Gasteiger partial charge in [-0.05, 0) is 24.6 Å². The summed E-state index contributed by atoms with van der Waals surface area (Å²) >= 11 is 6.43. The van der Waals surface area contributed by atoms with Crippen molar-refractivity contribution in [2.24, 2.45) is 5.92 Å². The molecule has 2 heterocycles. The first-order valence-electron chi connectivity index (χ1n) is 8.57. The summed E-state index contributed by atoms with van der Waals surface area (Å²) in [5, 5.41) is 4.49. The van der Waals surface area contributed by atoms with Crippen molar-refractivity contribution >= 4 is 28.4 Å². The second-order valence-corrected chi connectivity index (χ2v) is 6.90. The first kappa shape index (κ1) is 17.8. The average Bonchev–Trinajstić information content (AvgIpc) is 3.38. The summed E-state index contributed by atoms with van der Waals surface area (Å²) in [6, 6.07) is 5.79. The van der Waals surface area contributed by atoms with Crippen molar-refractivity contribution in [3.8, 4) is 17.1 Å². The molecule has 140 valence electrons. The molecule has 2 N–H and O–H groups in total. The Balaban J connectivity index is 1.53. The second-order valence-electron chi connectivity index (χ2n) is 6.49. The predicted molar refractivity (Wildman–Crippen MR) is 102 cm³/mol. The Kier molecular flexibility index (Phi) is 4.72. The number of halogens is 1. The van der Waals surface area contributed by atoms with Gasteiger partial charge in [-0.15, -0.1) is 0 Å². The molecule has 1 aromatic carbocycles. The molecule has 0 radical (unpaired) electrons. The lowest BCUT2D eigenvalue weighted by Gasteiger charge is -2.05. The van der Waals surface area contributed by atoms with Crippen LogP contribution in [0.25, 0.3) is 22.2 Å². The van der Waals surface area contributed by atoms with Crippen LogP contribution in [0.1, 0.15) is 12.1 Å². The van der Waals surface area contributed by atoms with Gasteiger partial charge in [-0.25, -0.2) is 9.97 Å². The molecule has 1 aliphatic carbocycles. The van der Waals surface area contributed by atoms with Gasteiger partial charge < -0.3 is 19.8 Å². The van der Waals surface area contributed by atoms with Crippen molar-refractivity contribution in [3.05, 3.63) is 41.3 Å². The molecule has 1 aliphatic rings. The number of benzene rings is 1. The smallest absolute Gasteiger partial charge is 0.232 e. The van der Waals surface area contributed by atoms with E-state index in [9.17, 15) is 4.79 Å². The molecule has 1 amide bonds. The van der Waals surface area contributed by atoms with Gasteiger partial charge in [0.1, 0.15) is 0 Å². The number of hydrogen-bond acceptors (Lipinski definition) is 5. The minimum Gasteiger partial charge on any atom is -0.480 e. The van der Waals surface area contributed by atoms with Gasteiger partial charge in [0.15, 0.2) is 0 Å². The number of carbonyl (C=O) groups excluding carboxylic acids is 1. The first-order chi connectivity index (χ1) is 13.1. The summed E-state index contributed by atoms with van der Waals surface area (Å²) < 4.78 is 10.2. The number of carbonyl (C=O) groups is 1. The van der Waals surface area contributed by atoms with E-state index in [1.165, 1.54) is 0 Å². The van der Waals surface area contributed by atoms with E-state index in [0.29, 0.717) is 23.1 Å². The van der Waals surface area contributed by atoms with Crippen LogP contribution in [0, 0.1) is 5.92 Å². The topological polar surface area (TPSA) is 89.1 Å². The summed E-state index contributed by atoms with van der Waals surface area (Å²) in [7, 11) is 3.17. The van der Waals surface area contributed by atoms with E-state index in [1.54, 1.807) is 26.6 Å². The van der Waals surface area contributed by atoms with E-state index >= 15 is 0 Å². The summed E-state index contributed by atoms with van der Waals surface area (Å²) in [6.45, 7) is 0.426. The van der Waals surface area contributed by atoms with Crippen molar-refractivity contribution < 1.29 is 14.3 Å². The highest BCUT2D eigenvalue weighted by atomic mass is 35.5. The maximum absolute atomic E-state index is 12.1. The molecular weight excluding hydrogens is 368 g/mol. The summed E-state index contributed by atoms with van der Waals surface area (Å²) in [6.07, 6.45) is 4.02. The van der Waals surface area contributed by atoms with Crippen molar-refractivity contribution in [3.63, 3.8) is 0 Å². The molecule has 7 nitrogen and oxygen atoms in total. The number of nitrogens with zero attached hydrogens (tertiary/aromatic N) is 2. The molecule has 0 unspecified atom stereocenters. The molecule has 2 atom stereocenters. The molecule has 8 heteroatoms. The second kappa shape index (κ2) is 7.17. The third-order valence-corrected chi connectivity index (χ3v) is 5.01. The van der Waals surface area contributed by atoms with Gasteiger partial charge in [0.05, 0.1) is 48.8 Å². The Labute approximate surface area is 161 Å². The number of amides is 1. The van der Waals surface area contributed by atoms with Crippen LogP contribution in [0.15, 0.2) is 30.6 Å². The van der Waals surface area contributed by atoms with Crippen molar-refractivity contribution in [1.82, 2.24) is 20.3 Å². The lowest BCUT2D eigenvalue weighted by molar-refractivity contribution is -0.123. The maximum atomic E-state index is 12.1. The number of methoxy groups -OCH3 is 2. The number of ether oxygens (including phenoxy) is 2. The lowest BCUT2D eigenvalue weighted by atomic mass is 10.1. The minimum absolute atomic E-state index is 0.0211. The highest BCUT2D eigenvalue weighted by Gasteiger charge is 2.43. The van der Waals surface area contributed by atoms with E-state index < -0.39 is 0 Å². The van der Waals surface area contributed by atoms with E-state index in [-0.39, 0.29) is 17.9 Å². The maximum Gasteiger partial charge on any atom is 0.232 e. The van der Waals surface area contributed by atoms with Crippen molar-refractivity contribution in [2.75, 3.05) is 14.2 Å². The van der Waals surface area contributed by atoms with Gasteiger partial charge in [0.25, 0.3) is 0 Å². The number of H-pyrrole nitrogens is 1. The molecule has 1 saturated carbocycles. The number of hydrogen-bond donors (Lipinski definition) is 2. The number of nitrogens with one attached hydrogen (secondary N) is 2. The van der Waals surface area contributed by atoms with E-state index in [2.05, 4.69) is 20.3 Å². The quantitative estimate of drug-likeness (QED) is 0.680. The molecule has 2 aromatic heterocycles. The van der Waals surface area contributed by atoms with E-state index in [0.717, 1.165) is 28.6 Å². The zero-order valence-corrected chi connectivity index (χ0v) is 15.7. The molecule has 1 fully saturated rings. The summed E-state index contributed by atoms with van der Waals surface area (Å²) in [5.74, 6) is 0.432. The SMILES string of the molecule is COc1cnc(-c2cc3[nH]c(CNC(=O)[C@H]4C[C@H]4OC)cc3cc2Cl)cn1.